The van der Waals surface area contributed by atoms with Gasteiger partial charge in [0.25, 0.3) is 5.82 Å². The highest BCUT2D eigenvalue weighted by molar-refractivity contribution is 5.17. The average molecular weight is 434 g/mol. The molecule has 2 nitrogen and oxygen atoms in total. The summed E-state index contributed by atoms with van der Waals surface area (Å²) in [7, 11) is 0. The van der Waals surface area contributed by atoms with Crippen LogP contribution in [0.1, 0.15) is 108 Å². The number of aryl methyl sites for hydroxylation is 1. The van der Waals surface area contributed by atoms with Crippen molar-refractivity contribution < 1.29 is 13.3 Å². The number of nitrogens with zero attached hydrogens (tertiary/aromatic N) is 2. The average Bonchev–Trinajstić information content (AvgIpc) is 3.09. The van der Waals surface area contributed by atoms with Crippen LogP contribution in [-0.4, -0.2) is 4.57 Å². The van der Waals surface area contributed by atoms with Crippen LogP contribution in [-0.2, 0) is 13.1 Å². The highest BCUT2D eigenvalue weighted by Crippen LogP contribution is 2.14. The topological polar surface area (TPSA) is 8.81 Å². The third kappa shape index (κ3) is 9.97. The number of aromatic nitrogens is 2. The van der Waals surface area contributed by atoms with Crippen molar-refractivity contribution in [1.82, 2.24) is 4.57 Å². The van der Waals surface area contributed by atoms with Crippen LogP contribution in [0, 0.1) is 18.6 Å². The van der Waals surface area contributed by atoms with E-state index in [1.807, 2.05) is 10.8 Å². The fraction of sp³-hybridized carbons (Fsp3) is 0.667. The van der Waals surface area contributed by atoms with Gasteiger partial charge in [0.05, 0.1) is 6.54 Å². The smallest absolute Gasteiger partial charge is 0.234 e. The largest absolute Gasteiger partial charge is 0.253 e. The maximum Gasteiger partial charge on any atom is 0.253 e. The predicted molar refractivity (Wildman–Crippen MR) is 125 cm³/mol. The van der Waals surface area contributed by atoms with Gasteiger partial charge in [-0.3, -0.25) is 0 Å². The molecule has 0 aliphatic rings. The number of hydrogen-bond donors (Lipinski definition) is 0. The van der Waals surface area contributed by atoms with Crippen molar-refractivity contribution in [2.24, 2.45) is 0 Å². The molecule has 0 aliphatic carbocycles. The summed E-state index contributed by atoms with van der Waals surface area (Å²) in [6, 6.07) is 3.80. The zero-order valence-electron chi connectivity index (χ0n) is 19.9. The molecule has 0 spiro atoms. The van der Waals surface area contributed by atoms with E-state index >= 15 is 0 Å². The first-order chi connectivity index (χ1) is 15.1. The molecule has 1 heterocycles. The number of benzene rings is 1. The van der Waals surface area contributed by atoms with E-state index in [0.717, 1.165) is 18.4 Å². The fourth-order valence-corrected chi connectivity index (χ4v) is 4.26. The van der Waals surface area contributed by atoms with Gasteiger partial charge < -0.3 is 0 Å². The lowest BCUT2D eigenvalue weighted by atomic mass is 10.0. The Hall–Kier alpha value is -1.71. The Bertz CT molecular complexity index is 739. The zero-order chi connectivity index (χ0) is 22.3. The third-order valence-electron chi connectivity index (χ3n) is 6.37. The van der Waals surface area contributed by atoms with Crippen LogP contribution in [0.5, 0.6) is 0 Å². The molecule has 0 bridgehead atoms. The SMILES string of the molecule is CCCCCCCCCCCCCCCCn1cc[n+](Cc2ccc(F)cc2F)c1C. The molecule has 1 aromatic heterocycles. The molecule has 0 N–H and O–H groups in total. The van der Waals surface area contributed by atoms with Gasteiger partial charge in [-0.2, -0.15) is 0 Å². The van der Waals surface area contributed by atoms with Crippen molar-refractivity contribution in [2.45, 2.75) is 117 Å². The lowest BCUT2D eigenvalue weighted by Gasteiger charge is -2.04. The highest BCUT2D eigenvalue weighted by atomic mass is 19.1. The molecule has 4 heteroatoms. The molecule has 0 aliphatic heterocycles. The first-order valence-electron chi connectivity index (χ1n) is 12.6. The summed E-state index contributed by atoms with van der Waals surface area (Å²) in [5.74, 6) is 0.100. The van der Waals surface area contributed by atoms with Crippen LogP contribution in [0.15, 0.2) is 30.6 Å². The Kier molecular flexibility index (Phi) is 12.5. The Labute approximate surface area is 188 Å². The Morgan fingerprint density at radius 3 is 1.87 bits per heavy atom. The molecule has 0 unspecified atom stereocenters. The van der Waals surface area contributed by atoms with Gasteiger partial charge in [0.15, 0.2) is 0 Å². The molecular formula is C27H43F2N2+. The number of unbranched alkanes of at least 4 members (excludes halogenated alkanes) is 13. The van der Waals surface area contributed by atoms with E-state index < -0.39 is 11.6 Å². The van der Waals surface area contributed by atoms with Gasteiger partial charge in [-0.05, 0) is 25.0 Å². The third-order valence-corrected chi connectivity index (χ3v) is 6.37. The summed E-state index contributed by atoms with van der Waals surface area (Å²) >= 11 is 0. The van der Waals surface area contributed by atoms with Crippen molar-refractivity contribution in [3.63, 3.8) is 0 Å². The molecule has 174 valence electrons. The van der Waals surface area contributed by atoms with E-state index in [-0.39, 0.29) is 0 Å². The summed E-state index contributed by atoms with van der Waals surface area (Å²) in [6.07, 6.45) is 23.2. The van der Waals surface area contributed by atoms with Crippen LogP contribution in [0.2, 0.25) is 0 Å². The van der Waals surface area contributed by atoms with E-state index in [9.17, 15) is 8.78 Å². The highest BCUT2D eigenvalue weighted by Gasteiger charge is 2.14. The first-order valence-corrected chi connectivity index (χ1v) is 12.6. The zero-order valence-corrected chi connectivity index (χ0v) is 19.9. The molecule has 0 amide bonds. The quantitative estimate of drug-likeness (QED) is 0.177. The molecule has 0 saturated carbocycles. The standard InChI is InChI=1S/C27H43F2N2/c1-3-4-5-6-7-8-9-10-11-12-13-14-15-16-19-30-20-21-31(24(30)2)23-25-17-18-26(28)22-27(25)29/h17-18,20-22H,3-16,19,23H2,1-2H3/q+1. The molecular weight excluding hydrogens is 390 g/mol. The molecule has 0 fully saturated rings. The van der Waals surface area contributed by atoms with Crippen LogP contribution in [0.4, 0.5) is 8.78 Å². The maximum absolute atomic E-state index is 13.9. The van der Waals surface area contributed by atoms with E-state index in [0.29, 0.717) is 12.1 Å². The molecule has 0 radical (unpaired) electrons. The van der Waals surface area contributed by atoms with Crippen molar-refractivity contribution in [3.8, 4) is 0 Å². The second kappa shape index (κ2) is 15.2. The summed E-state index contributed by atoms with van der Waals surface area (Å²) in [6.45, 7) is 5.77. The lowest BCUT2D eigenvalue weighted by Crippen LogP contribution is -2.36. The molecule has 2 aromatic rings. The second-order valence-electron chi connectivity index (χ2n) is 9.00. The summed E-state index contributed by atoms with van der Waals surface area (Å²) in [5.41, 5.74) is 0.517. The van der Waals surface area contributed by atoms with Gasteiger partial charge in [-0.25, -0.2) is 17.9 Å². The van der Waals surface area contributed by atoms with Crippen LogP contribution < -0.4 is 4.57 Å². The minimum Gasteiger partial charge on any atom is -0.234 e. The van der Waals surface area contributed by atoms with Gasteiger partial charge in [0.2, 0.25) is 0 Å². The molecule has 31 heavy (non-hydrogen) atoms. The Morgan fingerprint density at radius 2 is 1.32 bits per heavy atom. The minimum absolute atomic E-state index is 0.434. The number of rotatable bonds is 17. The van der Waals surface area contributed by atoms with Crippen LogP contribution in [0.3, 0.4) is 0 Å². The molecule has 2 rings (SSSR count). The minimum atomic E-state index is -0.529. The maximum atomic E-state index is 13.9. The Morgan fingerprint density at radius 1 is 0.774 bits per heavy atom. The molecule has 1 aromatic carbocycles. The summed E-state index contributed by atoms with van der Waals surface area (Å²) in [4.78, 5) is 0. The van der Waals surface area contributed by atoms with Crippen molar-refractivity contribution in [1.29, 1.82) is 0 Å². The number of halogens is 2. The monoisotopic (exact) mass is 433 g/mol. The fourth-order valence-electron chi connectivity index (χ4n) is 4.26. The predicted octanol–water partition coefficient (Wildman–Crippen LogP) is 7.89. The van der Waals surface area contributed by atoms with E-state index in [1.165, 1.54) is 102 Å². The normalized spacial score (nSPS) is 11.4. The van der Waals surface area contributed by atoms with Gasteiger partial charge in [0, 0.05) is 18.6 Å². The van der Waals surface area contributed by atoms with Crippen molar-refractivity contribution in [2.75, 3.05) is 0 Å². The molecule has 0 saturated heterocycles. The molecule has 0 atom stereocenters. The number of imidazole rings is 1. The summed E-state index contributed by atoms with van der Waals surface area (Å²) in [5, 5.41) is 0. The van der Waals surface area contributed by atoms with Crippen molar-refractivity contribution >= 4 is 0 Å². The van der Waals surface area contributed by atoms with Gasteiger partial charge in [-0.15, -0.1) is 0 Å². The van der Waals surface area contributed by atoms with E-state index in [1.54, 1.807) is 0 Å². The van der Waals surface area contributed by atoms with Gasteiger partial charge in [-0.1, -0.05) is 84.0 Å². The van der Waals surface area contributed by atoms with E-state index in [4.69, 9.17) is 0 Å². The second-order valence-corrected chi connectivity index (χ2v) is 9.00. The van der Waals surface area contributed by atoms with Gasteiger partial charge in [0.1, 0.15) is 30.6 Å². The van der Waals surface area contributed by atoms with Gasteiger partial charge >= 0.3 is 0 Å². The first kappa shape index (κ1) is 25.5. The van der Waals surface area contributed by atoms with Crippen LogP contribution in [0.25, 0.3) is 0 Å². The Balaban J connectivity index is 1.51. The summed E-state index contributed by atoms with van der Waals surface area (Å²) < 4.78 is 31.3. The van der Waals surface area contributed by atoms with Crippen molar-refractivity contribution in [3.05, 3.63) is 53.6 Å². The number of hydrogen-bond acceptors (Lipinski definition) is 0. The van der Waals surface area contributed by atoms with E-state index in [2.05, 4.69) is 24.6 Å². The lowest BCUT2D eigenvalue weighted by molar-refractivity contribution is -0.694. The van der Waals surface area contributed by atoms with Crippen LogP contribution >= 0.6 is 0 Å².